The van der Waals surface area contributed by atoms with Gasteiger partial charge in [-0.05, 0) is 24.6 Å². The number of hydrogen-bond acceptors (Lipinski definition) is 2. The van der Waals surface area contributed by atoms with Gasteiger partial charge in [0.1, 0.15) is 0 Å². The monoisotopic (exact) mass is 205 g/mol. The van der Waals surface area contributed by atoms with E-state index >= 15 is 0 Å². The van der Waals surface area contributed by atoms with Crippen molar-refractivity contribution in [2.45, 2.75) is 27.4 Å². The smallest absolute Gasteiger partial charge is 0.0853 e. The van der Waals surface area contributed by atoms with Crippen LogP contribution in [0.5, 0.6) is 0 Å². The molecule has 0 bridgehead atoms. The average molecular weight is 205 g/mol. The van der Waals surface area contributed by atoms with E-state index in [1.165, 1.54) is 0 Å². The van der Waals surface area contributed by atoms with Gasteiger partial charge in [-0.2, -0.15) is 0 Å². The summed E-state index contributed by atoms with van der Waals surface area (Å²) >= 11 is 0. The third-order valence-electron chi connectivity index (χ3n) is 1.72. The highest BCUT2D eigenvalue weighted by molar-refractivity contribution is 5.61. The highest BCUT2D eigenvalue weighted by Gasteiger charge is 1.98. The topological polar surface area (TPSA) is 33.1 Å². The second-order valence-corrected chi connectivity index (χ2v) is 2.64. The van der Waals surface area contributed by atoms with Gasteiger partial charge in [0.2, 0.25) is 0 Å². The van der Waals surface area contributed by atoms with Gasteiger partial charge in [-0.1, -0.05) is 38.6 Å². The zero-order chi connectivity index (χ0) is 11.7. The molecule has 0 aromatic carbocycles. The first kappa shape index (κ1) is 13.6. The lowest BCUT2D eigenvalue weighted by atomic mass is 10.1. The van der Waals surface area contributed by atoms with Crippen LogP contribution in [0.2, 0.25) is 0 Å². The molecule has 0 aliphatic rings. The van der Waals surface area contributed by atoms with Crippen LogP contribution in [0, 0.1) is 0 Å². The summed E-state index contributed by atoms with van der Waals surface area (Å²) in [5.74, 6) is 0. The van der Waals surface area contributed by atoms with Crippen LogP contribution in [-0.4, -0.2) is 10.1 Å². The Bertz CT molecular complexity index is 329. The van der Waals surface area contributed by atoms with E-state index in [0.29, 0.717) is 5.69 Å². The van der Waals surface area contributed by atoms with E-state index in [-0.39, 0.29) is 6.61 Å². The van der Waals surface area contributed by atoms with Gasteiger partial charge in [0.15, 0.2) is 0 Å². The summed E-state index contributed by atoms with van der Waals surface area (Å²) in [6, 6.07) is 3.73. The maximum absolute atomic E-state index is 8.86. The summed E-state index contributed by atoms with van der Waals surface area (Å²) in [5, 5.41) is 8.86. The van der Waals surface area contributed by atoms with E-state index in [1.807, 2.05) is 45.1 Å². The van der Waals surface area contributed by atoms with E-state index in [0.717, 1.165) is 11.3 Å². The zero-order valence-corrected chi connectivity index (χ0v) is 9.70. The number of aromatic nitrogens is 1. The number of aliphatic hydroxyl groups excluding tert-OH is 1. The highest BCUT2D eigenvalue weighted by Crippen LogP contribution is 2.11. The Kier molecular flexibility index (Phi) is 7.20. The molecule has 0 atom stereocenters. The predicted octanol–water partition coefficient (Wildman–Crippen LogP) is 3.28. The van der Waals surface area contributed by atoms with E-state index < -0.39 is 0 Å². The van der Waals surface area contributed by atoms with E-state index in [9.17, 15) is 0 Å². The first-order valence-electron chi connectivity index (χ1n) is 5.17. The van der Waals surface area contributed by atoms with Crippen molar-refractivity contribution >= 4 is 12.2 Å². The average Bonchev–Trinajstić information content (AvgIpc) is 2.32. The van der Waals surface area contributed by atoms with Gasteiger partial charge in [-0.15, -0.1) is 0 Å². The van der Waals surface area contributed by atoms with Crippen LogP contribution >= 0.6 is 0 Å². The van der Waals surface area contributed by atoms with Crippen LogP contribution in [0.25, 0.3) is 12.2 Å². The molecule has 1 aromatic rings. The van der Waals surface area contributed by atoms with Gasteiger partial charge < -0.3 is 5.11 Å². The van der Waals surface area contributed by atoms with Gasteiger partial charge in [0, 0.05) is 0 Å². The first-order valence-corrected chi connectivity index (χ1v) is 5.17. The summed E-state index contributed by atoms with van der Waals surface area (Å²) in [4.78, 5) is 4.21. The van der Waals surface area contributed by atoms with E-state index in [1.54, 1.807) is 6.08 Å². The van der Waals surface area contributed by atoms with E-state index in [2.05, 4.69) is 11.6 Å². The molecule has 0 saturated heterocycles. The Morgan fingerprint density at radius 2 is 2.07 bits per heavy atom. The van der Waals surface area contributed by atoms with Crippen LogP contribution in [0.4, 0.5) is 0 Å². The van der Waals surface area contributed by atoms with Crippen molar-refractivity contribution in [1.29, 1.82) is 0 Å². The third kappa shape index (κ3) is 4.09. The molecule has 82 valence electrons. The minimum absolute atomic E-state index is 0.0308. The van der Waals surface area contributed by atoms with Crippen LogP contribution in [0.1, 0.15) is 37.7 Å². The fraction of sp³-hybridized carbons (Fsp3) is 0.308. The molecule has 0 fully saturated rings. The molecule has 1 aromatic heterocycles. The van der Waals surface area contributed by atoms with Crippen molar-refractivity contribution in [1.82, 2.24) is 4.98 Å². The molecular formula is C13H19NO. The Morgan fingerprint density at radius 1 is 1.40 bits per heavy atom. The van der Waals surface area contributed by atoms with Crippen LogP contribution < -0.4 is 0 Å². The van der Waals surface area contributed by atoms with Gasteiger partial charge in [0.25, 0.3) is 0 Å². The van der Waals surface area contributed by atoms with Crippen molar-refractivity contribution in [3.63, 3.8) is 0 Å². The number of pyridine rings is 1. The summed E-state index contributed by atoms with van der Waals surface area (Å²) in [6.45, 7) is 9.59. The molecule has 15 heavy (non-hydrogen) atoms. The normalized spacial score (nSPS) is 9.60. The summed E-state index contributed by atoms with van der Waals surface area (Å²) < 4.78 is 0. The lowest BCUT2D eigenvalue weighted by molar-refractivity contribution is 0.277. The summed E-state index contributed by atoms with van der Waals surface area (Å²) in [6.07, 6.45) is 5.60. The molecule has 0 saturated carbocycles. The molecule has 2 heteroatoms. The van der Waals surface area contributed by atoms with E-state index in [4.69, 9.17) is 5.11 Å². The maximum atomic E-state index is 8.86. The molecule has 0 unspecified atom stereocenters. The minimum Gasteiger partial charge on any atom is -0.390 e. The quantitative estimate of drug-likeness (QED) is 0.821. The van der Waals surface area contributed by atoms with Crippen LogP contribution in [0.3, 0.4) is 0 Å². The zero-order valence-electron chi connectivity index (χ0n) is 9.70. The van der Waals surface area contributed by atoms with Gasteiger partial charge in [0.05, 0.1) is 18.0 Å². The molecule has 1 N–H and O–H groups in total. The molecule has 0 aliphatic heterocycles. The predicted molar refractivity (Wildman–Crippen MR) is 66.3 cm³/mol. The van der Waals surface area contributed by atoms with Gasteiger partial charge >= 0.3 is 0 Å². The molecule has 1 rings (SSSR count). The molecule has 0 spiro atoms. The Labute approximate surface area is 92.0 Å². The number of aliphatic hydroxyl groups is 1. The molecule has 0 radical (unpaired) electrons. The number of hydrogen-bond donors (Lipinski definition) is 1. The SMILES string of the molecule is C=Cc1nc(CO)ccc1/C=C\C.CC. The highest BCUT2D eigenvalue weighted by atomic mass is 16.3. The van der Waals surface area contributed by atoms with Crippen molar-refractivity contribution in [3.8, 4) is 0 Å². The Hall–Kier alpha value is -1.41. The number of allylic oxidation sites excluding steroid dienone is 1. The largest absolute Gasteiger partial charge is 0.390 e. The fourth-order valence-electron chi connectivity index (χ4n) is 1.10. The maximum Gasteiger partial charge on any atom is 0.0853 e. The fourth-order valence-corrected chi connectivity index (χ4v) is 1.10. The molecule has 0 aliphatic carbocycles. The minimum atomic E-state index is -0.0308. The number of rotatable bonds is 3. The standard InChI is InChI=1S/C11H13NO.C2H6/c1-3-5-9-6-7-10(8-13)12-11(9)4-2;1-2/h3-7,13H,2,8H2,1H3;1-2H3/b5-3-;. The number of nitrogens with zero attached hydrogens (tertiary/aromatic N) is 1. The summed E-state index contributed by atoms with van der Waals surface area (Å²) in [7, 11) is 0. The second kappa shape index (κ2) is 7.94. The van der Waals surface area contributed by atoms with Crippen LogP contribution in [0.15, 0.2) is 24.8 Å². The van der Waals surface area contributed by atoms with Crippen molar-refractivity contribution < 1.29 is 5.11 Å². The van der Waals surface area contributed by atoms with Crippen LogP contribution in [-0.2, 0) is 6.61 Å². The summed E-state index contributed by atoms with van der Waals surface area (Å²) in [5.41, 5.74) is 2.50. The second-order valence-electron chi connectivity index (χ2n) is 2.64. The van der Waals surface area contributed by atoms with Crippen molar-refractivity contribution in [3.05, 3.63) is 41.7 Å². The molecule has 2 nitrogen and oxygen atoms in total. The molecular weight excluding hydrogens is 186 g/mol. The lowest BCUT2D eigenvalue weighted by Gasteiger charge is -2.02. The van der Waals surface area contributed by atoms with Gasteiger partial charge in [-0.25, -0.2) is 0 Å². The molecule has 1 heterocycles. The van der Waals surface area contributed by atoms with Gasteiger partial charge in [-0.3, -0.25) is 4.98 Å². The molecule has 0 amide bonds. The van der Waals surface area contributed by atoms with Crippen molar-refractivity contribution in [2.75, 3.05) is 0 Å². The third-order valence-corrected chi connectivity index (χ3v) is 1.72. The first-order chi connectivity index (χ1) is 7.31. The Morgan fingerprint density at radius 3 is 2.53 bits per heavy atom. The lowest BCUT2D eigenvalue weighted by Crippen LogP contribution is -1.93. The van der Waals surface area contributed by atoms with Crippen molar-refractivity contribution in [2.24, 2.45) is 0 Å². The Balaban J connectivity index is 0.000000921.